The third kappa shape index (κ3) is 4.27. The van der Waals surface area contributed by atoms with E-state index in [-0.39, 0.29) is 11.9 Å². The predicted octanol–water partition coefficient (Wildman–Crippen LogP) is 6.50. The molecule has 1 aliphatic carbocycles. The van der Waals surface area contributed by atoms with Gasteiger partial charge in [0.25, 0.3) is 0 Å². The van der Waals surface area contributed by atoms with Crippen LogP contribution in [0.2, 0.25) is 0 Å². The Bertz CT molecular complexity index is 973. The fourth-order valence-electron chi connectivity index (χ4n) is 5.17. The summed E-state index contributed by atoms with van der Waals surface area (Å²) in [6, 6.07) is 11.7. The Morgan fingerprint density at radius 3 is 2.50 bits per heavy atom. The number of halogens is 2. The van der Waals surface area contributed by atoms with E-state index in [2.05, 4.69) is 39.0 Å². The standard InChI is InChI=1S/C25H27BrFNOS/c26-18-3-8-23-22(13-18)25(21-7-4-19(27)14-24(21)30-23)17-9-11-28(12-10-17)15-16-1-5-20(29)6-2-16/h3-4,7-8,13-14,16,20,29H,1-2,5-6,9-12,15H2/t16-,20-. The average Bonchev–Trinajstić information content (AvgIpc) is 2.74. The first-order valence-electron chi connectivity index (χ1n) is 11.0. The second kappa shape index (κ2) is 8.78. The number of piperidine rings is 1. The van der Waals surface area contributed by atoms with E-state index in [1.807, 2.05) is 6.07 Å². The molecule has 0 amide bonds. The van der Waals surface area contributed by atoms with Crippen molar-refractivity contribution in [2.45, 2.75) is 54.4 Å². The molecule has 5 rings (SSSR count). The highest BCUT2D eigenvalue weighted by atomic mass is 79.9. The van der Waals surface area contributed by atoms with E-state index >= 15 is 0 Å². The highest BCUT2D eigenvalue weighted by Crippen LogP contribution is 2.48. The minimum Gasteiger partial charge on any atom is -0.393 e. The van der Waals surface area contributed by atoms with Crippen molar-refractivity contribution in [2.75, 3.05) is 19.6 Å². The van der Waals surface area contributed by atoms with Crippen molar-refractivity contribution in [2.24, 2.45) is 5.92 Å². The molecule has 3 aliphatic rings. The van der Waals surface area contributed by atoms with Gasteiger partial charge in [0.15, 0.2) is 0 Å². The van der Waals surface area contributed by atoms with Gasteiger partial charge in [0, 0.05) is 33.9 Å². The van der Waals surface area contributed by atoms with Gasteiger partial charge in [-0.05, 0) is 91.5 Å². The summed E-state index contributed by atoms with van der Waals surface area (Å²) in [4.78, 5) is 4.84. The highest BCUT2D eigenvalue weighted by Gasteiger charge is 2.28. The van der Waals surface area contributed by atoms with Crippen molar-refractivity contribution >= 4 is 33.3 Å². The summed E-state index contributed by atoms with van der Waals surface area (Å²) in [5.74, 6) is 0.563. The Morgan fingerprint density at radius 2 is 1.73 bits per heavy atom. The molecule has 5 heteroatoms. The lowest BCUT2D eigenvalue weighted by atomic mass is 9.85. The first kappa shape index (κ1) is 20.7. The van der Waals surface area contributed by atoms with Gasteiger partial charge in [-0.15, -0.1) is 0 Å². The Kier molecular flexibility index (Phi) is 6.07. The molecule has 2 nitrogen and oxygen atoms in total. The van der Waals surface area contributed by atoms with E-state index in [4.69, 9.17) is 0 Å². The summed E-state index contributed by atoms with van der Waals surface area (Å²) in [7, 11) is 0. The van der Waals surface area contributed by atoms with Crippen molar-refractivity contribution in [1.29, 1.82) is 0 Å². The first-order valence-corrected chi connectivity index (χ1v) is 12.6. The van der Waals surface area contributed by atoms with Crippen molar-refractivity contribution in [3.63, 3.8) is 0 Å². The van der Waals surface area contributed by atoms with Crippen LogP contribution in [0.3, 0.4) is 0 Å². The second-order valence-corrected chi connectivity index (χ2v) is 10.8. The van der Waals surface area contributed by atoms with Crippen LogP contribution in [0, 0.1) is 11.7 Å². The average molecular weight is 488 g/mol. The fraction of sp³-hybridized carbons (Fsp3) is 0.440. The lowest BCUT2D eigenvalue weighted by molar-refractivity contribution is 0.0923. The van der Waals surface area contributed by atoms with Crippen LogP contribution in [0.1, 0.15) is 49.7 Å². The molecule has 0 atom stereocenters. The van der Waals surface area contributed by atoms with Gasteiger partial charge in [-0.25, -0.2) is 4.39 Å². The summed E-state index contributed by atoms with van der Waals surface area (Å²) < 4.78 is 15.0. The predicted molar refractivity (Wildman–Crippen MR) is 124 cm³/mol. The maximum absolute atomic E-state index is 13.9. The third-order valence-corrected chi connectivity index (χ3v) is 8.42. The summed E-state index contributed by atoms with van der Waals surface area (Å²) in [6.45, 7) is 3.34. The summed E-state index contributed by atoms with van der Waals surface area (Å²) in [5.41, 5.74) is 5.27. The number of benzene rings is 2. The maximum atomic E-state index is 13.9. The molecule has 0 spiro atoms. The topological polar surface area (TPSA) is 23.5 Å². The van der Waals surface area contributed by atoms with Crippen LogP contribution in [-0.2, 0) is 0 Å². The molecule has 0 aromatic heterocycles. The molecule has 0 unspecified atom stereocenters. The molecule has 2 heterocycles. The fourth-order valence-corrected chi connectivity index (χ4v) is 6.62. The number of nitrogens with zero attached hydrogens (tertiary/aromatic N) is 1. The second-order valence-electron chi connectivity index (χ2n) is 8.84. The van der Waals surface area contributed by atoms with Gasteiger partial charge < -0.3 is 10.0 Å². The van der Waals surface area contributed by atoms with Crippen LogP contribution >= 0.6 is 27.7 Å². The van der Waals surface area contributed by atoms with Gasteiger partial charge in [-0.1, -0.05) is 39.3 Å². The zero-order chi connectivity index (χ0) is 20.7. The third-order valence-electron chi connectivity index (χ3n) is 6.79. The van der Waals surface area contributed by atoms with Crippen molar-refractivity contribution in [3.8, 4) is 0 Å². The number of likely N-dealkylation sites (tertiary alicyclic amines) is 1. The van der Waals surface area contributed by atoms with Gasteiger partial charge >= 0.3 is 0 Å². The van der Waals surface area contributed by atoms with Crippen LogP contribution in [0.5, 0.6) is 0 Å². The van der Waals surface area contributed by atoms with Gasteiger partial charge in [0.05, 0.1) is 6.10 Å². The smallest absolute Gasteiger partial charge is 0.124 e. The SMILES string of the molecule is O[C@H]1CC[C@H](CN2CCC(=C3c4ccc(F)cc4Sc4ccc(Br)cc43)CC2)CC1. The lowest BCUT2D eigenvalue weighted by Crippen LogP contribution is -2.36. The van der Waals surface area contributed by atoms with Gasteiger partial charge in [-0.2, -0.15) is 0 Å². The first-order chi connectivity index (χ1) is 14.6. The van der Waals surface area contributed by atoms with Crippen LogP contribution in [0.4, 0.5) is 4.39 Å². The van der Waals surface area contributed by atoms with Gasteiger partial charge in [0.2, 0.25) is 0 Å². The summed E-state index contributed by atoms with van der Waals surface area (Å²) in [5, 5.41) is 9.76. The monoisotopic (exact) mass is 487 g/mol. The van der Waals surface area contributed by atoms with Gasteiger partial charge in [0.1, 0.15) is 5.82 Å². The molecule has 2 aromatic carbocycles. The molecule has 0 bridgehead atoms. The number of hydrogen-bond acceptors (Lipinski definition) is 3. The quantitative estimate of drug-likeness (QED) is 0.446. The van der Waals surface area contributed by atoms with E-state index in [1.54, 1.807) is 23.9 Å². The van der Waals surface area contributed by atoms with E-state index < -0.39 is 0 Å². The minimum atomic E-state index is -0.168. The molecular weight excluding hydrogens is 461 g/mol. The Hall–Kier alpha value is -1.14. The molecule has 1 saturated carbocycles. The molecule has 158 valence electrons. The van der Waals surface area contributed by atoms with Gasteiger partial charge in [-0.3, -0.25) is 0 Å². The van der Waals surface area contributed by atoms with Crippen LogP contribution in [0.25, 0.3) is 5.57 Å². The molecule has 2 aromatic rings. The molecule has 2 fully saturated rings. The molecular formula is C25H27BrFNOS. The number of rotatable bonds is 2. The molecule has 1 saturated heterocycles. The minimum absolute atomic E-state index is 0.0765. The van der Waals surface area contributed by atoms with E-state index in [0.29, 0.717) is 0 Å². The molecule has 2 aliphatic heterocycles. The largest absolute Gasteiger partial charge is 0.393 e. The van der Waals surface area contributed by atoms with E-state index in [0.717, 1.165) is 73.4 Å². The van der Waals surface area contributed by atoms with E-state index in [9.17, 15) is 9.50 Å². The van der Waals surface area contributed by atoms with Crippen LogP contribution in [0.15, 0.2) is 56.2 Å². The number of aliphatic hydroxyl groups excluding tert-OH is 1. The molecule has 30 heavy (non-hydrogen) atoms. The number of hydrogen-bond donors (Lipinski definition) is 1. The zero-order valence-electron chi connectivity index (χ0n) is 17.0. The Morgan fingerprint density at radius 1 is 0.967 bits per heavy atom. The van der Waals surface area contributed by atoms with Crippen molar-refractivity contribution in [1.82, 2.24) is 4.90 Å². The van der Waals surface area contributed by atoms with Crippen molar-refractivity contribution < 1.29 is 9.50 Å². The van der Waals surface area contributed by atoms with Crippen molar-refractivity contribution in [3.05, 3.63) is 63.4 Å². The van der Waals surface area contributed by atoms with E-state index in [1.165, 1.54) is 27.2 Å². The maximum Gasteiger partial charge on any atom is 0.124 e. The zero-order valence-corrected chi connectivity index (χ0v) is 19.4. The number of aliphatic hydroxyl groups is 1. The van der Waals surface area contributed by atoms with Crippen LogP contribution < -0.4 is 0 Å². The Labute approximate surface area is 190 Å². The highest BCUT2D eigenvalue weighted by molar-refractivity contribution is 9.10. The number of fused-ring (bicyclic) bond motifs is 2. The van der Waals surface area contributed by atoms with Crippen LogP contribution in [-0.4, -0.2) is 35.7 Å². The molecule has 0 radical (unpaired) electrons. The summed E-state index contributed by atoms with van der Waals surface area (Å²) >= 11 is 5.32. The summed E-state index contributed by atoms with van der Waals surface area (Å²) in [6.07, 6.45) is 6.30. The molecule has 1 N–H and O–H groups in total. The lowest BCUT2D eigenvalue weighted by Gasteiger charge is -2.35. The normalized spacial score (nSPS) is 24.5. The Balaban J connectivity index is 1.40.